The molecule has 4 nitrogen and oxygen atoms in total. The first-order valence-corrected chi connectivity index (χ1v) is 3.79. The van der Waals surface area contributed by atoms with Crippen LogP contribution in [0, 0.1) is 6.92 Å². The highest BCUT2D eigenvalue weighted by molar-refractivity contribution is 6.60. The molecule has 0 aliphatic carbocycles. The second-order valence-electron chi connectivity index (χ2n) is 2.78. The van der Waals surface area contributed by atoms with E-state index in [1.165, 1.54) is 6.07 Å². The Morgan fingerprint density at radius 1 is 1.46 bits per heavy atom. The van der Waals surface area contributed by atoms with E-state index >= 15 is 0 Å². The standard InChI is InChI=1S/C8H10BNO3/c1-5-3-2-4-6(9(12)13)7(5)8(10)11/h2-4,12-13H,1H3,(H2,10,11). The number of hydrogen-bond donors (Lipinski definition) is 3. The number of nitrogens with two attached hydrogens (primary N) is 1. The Hall–Kier alpha value is -1.33. The monoisotopic (exact) mass is 179 g/mol. The maximum Gasteiger partial charge on any atom is 0.489 e. The molecule has 0 fully saturated rings. The van der Waals surface area contributed by atoms with Crippen molar-refractivity contribution in [3.8, 4) is 0 Å². The fraction of sp³-hybridized carbons (Fsp3) is 0.125. The number of primary amides is 1. The largest absolute Gasteiger partial charge is 0.489 e. The highest BCUT2D eigenvalue weighted by Gasteiger charge is 2.19. The summed E-state index contributed by atoms with van der Waals surface area (Å²) >= 11 is 0. The van der Waals surface area contributed by atoms with Crippen molar-refractivity contribution < 1.29 is 14.8 Å². The van der Waals surface area contributed by atoms with E-state index in [4.69, 9.17) is 15.8 Å². The maximum absolute atomic E-state index is 10.9. The van der Waals surface area contributed by atoms with Gasteiger partial charge in [0.1, 0.15) is 0 Å². The maximum atomic E-state index is 10.9. The normalized spacial score (nSPS) is 9.77. The highest BCUT2D eigenvalue weighted by atomic mass is 16.4. The summed E-state index contributed by atoms with van der Waals surface area (Å²) in [6.45, 7) is 1.69. The van der Waals surface area contributed by atoms with Crippen LogP contribution < -0.4 is 11.2 Å². The lowest BCUT2D eigenvalue weighted by atomic mass is 9.75. The van der Waals surface area contributed by atoms with E-state index in [9.17, 15) is 4.79 Å². The molecule has 1 aromatic rings. The van der Waals surface area contributed by atoms with Gasteiger partial charge >= 0.3 is 7.12 Å². The fourth-order valence-electron chi connectivity index (χ4n) is 1.24. The summed E-state index contributed by atoms with van der Waals surface area (Å²) in [7, 11) is -1.66. The molecule has 0 aliphatic rings. The lowest BCUT2D eigenvalue weighted by molar-refractivity contribution is 0.100. The molecule has 0 aliphatic heterocycles. The second-order valence-corrected chi connectivity index (χ2v) is 2.78. The minimum absolute atomic E-state index is 0.146. The van der Waals surface area contributed by atoms with Gasteiger partial charge in [0, 0.05) is 5.56 Å². The van der Waals surface area contributed by atoms with E-state index in [2.05, 4.69) is 0 Å². The van der Waals surface area contributed by atoms with Crippen molar-refractivity contribution in [2.45, 2.75) is 6.92 Å². The van der Waals surface area contributed by atoms with Gasteiger partial charge in [-0.15, -0.1) is 0 Å². The van der Waals surface area contributed by atoms with Gasteiger partial charge in [-0.3, -0.25) is 4.79 Å². The van der Waals surface area contributed by atoms with Crippen LogP contribution in [-0.4, -0.2) is 23.1 Å². The molecule has 0 unspecified atom stereocenters. The van der Waals surface area contributed by atoms with Gasteiger partial charge in [0.15, 0.2) is 0 Å². The third-order valence-corrected chi connectivity index (χ3v) is 1.83. The summed E-state index contributed by atoms with van der Waals surface area (Å²) < 4.78 is 0. The van der Waals surface area contributed by atoms with E-state index in [-0.39, 0.29) is 11.0 Å². The molecule has 0 atom stereocenters. The Labute approximate surface area is 76.1 Å². The van der Waals surface area contributed by atoms with Gasteiger partial charge < -0.3 is 15.8 Å². The smallest absolute Gasteiger partial charge is 0.423 e. The number of hydrogen-bond acceptors (Lipinski definition) is 3. The first-order valence-electron chi connectivity index (χ1n) is 3.79. The average Bonchev–Trinajstić information content (AvgIpc) is 2.02. The van der Waals surface area contributed by atoms with Crippen LogP contribution in [0.2, 0.25) is 0 Å². The molecule has 1 amide bonds. The number of benzene rings is 1. The zero-order valence-electron chi connectivity index (χ0n) is 7.19. The van der Waals surface area contributed by atoms with E-state index < -0.39 is 13.0 Å². The van der Waals surface area contributed by atoms with Crippen LogP contribution in [0.15, 0.2) is 18.2 Å². The van der Waals surface area contributed by atoms with Crippen molar-refractivity contribution in [3.05, 3.63) is 29.3 Å². The van der Waals surface area contributed by atoms with Crippen LogP contribution in [0.1, 0.15) is 15.9 Å². The molecule has 0 heterocycles. The minimum Gasteiger partial charge on any atom is -0.423 e. The quantitative estimate of drug-likeness (QED) is 0.497. The van der Waals surface area contributed by atoms with E-state index in [0.717, 1.165) is 0 Å². The Kier molecular flexibility index (Phi) is 2.70. The topological polar surface area (TPSA) is 83.6 Å². The van der Waals surface area contributed by atoms with Crippen LogP contribution in [0.5, 0.6) is 0 Å². The zero-order chi connectivity index (χ0) is 10.0. The third-order valence-electron chi connectivity index (χ3n) is 1.83. The van der Waals surface area contributed by atoms with Crippen LogP contribution in [0.4, 0.5) is 0 Å². The van der Waals surface area contributed by atoms with Crippen LogP contribution in [0.3, 0.4) is 0 Å². The Morgan fingerprint density at radius 3 is 2.46 bits per heavy atom. The molecule has 0 bridgehead atoms. The molecule has 0 saturated heterocycles. The minimum atomic E-state index is -1.66. The van der Waals surface area contributed by atoms with Crippen molar-refractivity contribution in [2.24, 2.45) is 5.73 Å². The molecule has 1 aromatic carbocycles. The molecule has 0 radical (unpaired) electrons. The van der Waals surface area contributed by atoms with E-state index in [0.29, 0.717) is 5.56 Å². The summed E-state index contributed by atoms with van der Waals surface area (Å²) in [5, 5.41) is 17.9. The average molecular weight is 179 g/mol. The number of carbonyl (C=O) groups is 1. The summed E-state index contributed by atoms with van der Waals surface area (Å²) in [6.07, 6.45) is 0. The van der Waals surface area contributed by atoms with Crippen LogP contribution in [0.25, 0.3) is 0 Å². The number of aryl methyl sites for hydroxylation is 1. The zero-order valence-corrected chi connectivity index (χ0v) is 7.19. The lowest BCUT2D eigenvalue weighted by Gasteiger charge is -2.07. The van der Waals surface area contributed by atoms with Gasteiger partial charge in [0.05, 0.1) is 0 Å². The van der Waals surface area contributed by atoms with Crippen molar-refractivity contribution >= 4 is 18.5 Å². The molecule has 0 aromatic heterocycles. The Morgan fingerprint density at radius 2 is 2.08 bits per heavy atom. The number of amides is 1. The van der Waals surface area contributed by atoms with Crippen molar-refractivity contribution in [1.29, 1.82) is 0 Å². The summed E-state index contributed by atoms with van der Waals surface area (Å²) in [5.74, 6) is -0.652. The molecule has 4 N–H and O–H groups in total. The molecule has 0 spiro atoms. The molecule has 13 heavy (non-hydrogen) atoms. The SMILES string of the molecule is Cc1cccc(B(O)O)c1C(N)=O. The molecule has 68 valence electrons. The predicted octanol–water partition coefficient (Wildman–Crippen LogP) is -1.23. The Bertz CT molecular complexity index is 338. The van der Waals surface area contributed by atoms with E-state index in [1.54, 1.807) is 19.1 Å². The van der Waals surface area contributed by atoms with Crippen molar-refractivity contribution in [1.82, 2.24) is 0 Å². The molecule has 5 heteroatoms. The van der Waals surface area contributed by atoms with Crippen molar-refractivity contribution in [3.63, 3.8) is 0 Å². The summed E-state index contributed by atoms with van der Waals surface area (Å²) in [6, 6.07) is 4.78. The van der Waals surface area contributed by atoms with Crippen LogP contribution >= 0.6 is 0 Å². The van der Waals surface area contributed by atoms with Crippen LogP contribution in [-0.2, 0) is 0 Å². The number of carbonyl (C=O) groups excluding carboxylic acids is 1. The highest BCUT2D eigenvalue weighted by Crippen LogP contribution is 2.04. The lowest BCUT2D eigenvalue weighted by Crippen LogP contribution is -2.37. The predicted molar refractivity (Wildman–Crippen MR) is 49.5 cm³/mol. The van der Waals surface area contributed by atoms with Gasteiger partial charge in [0.2, 0.25) is 5.91 Å². The Balaban J connectivity index is 3.34. The first kappa shape index (κ1) is 9.76. The number of rotatable bonds is 2. The van der Waals surface area contributed by atoms with Gasteiger partial charge in [0.25, 0.3) is 0 Å². The molecule has 1 rings (SSSR count). The van der Waals surface area contributed by atoms with Gasteiger partial charge in [-0.2, -0.15) is 0 Å². The molecule has 0 saturated carbocycles. The van der Waals surface area contributed by atoms with E-state index in [1.807, 2.05) is 0 Å². The first-order chi connectivity index (χ1) is 6.04. The third kappa shape index (κ3) is 1.88. The fourth-order valence-corrected chi connectivity index (χ4v) is 1.24. The van der Waals surface area contributed by atoms with Gasteiger partial charge in [-0.1, -0.05) is 18.2 Å². The molecular formula is C8H10BNO3. The van der Waals surface area contributed by atoms with Gasteiger partial charge in [-0.05, 0) is 17.9 Å². The van der Waals surface area contributed by atoms with Crippen molar-refractivity contribution in [2.75, 3.05) is 0 Å². The summed E-state index contributed by atoms with van der Waals surface area (Å²) in [5.41, 5.74) is 6.05. The molecular weight excluding hydrogens is 169 g/mol. The second kappa shape index (κ2) is 3.59. The summed E-state index contributed by atoms with van der Waals surface area (Å²) in [4.78, 5) is 10.9. The van der Waals surface area contributed by atoms with Gasteiger partial charge in [-0.25, -0.2) is 0 Å².